The van der Waals surface area contributed by atoms with Crippen molar-refractivity contribution in [3.8, 4) is 0 Å². The Morgan fingerprint density at radius 1 is 1.05 bits per heavy atom. The van der Waals surface area contributed by atoms with E-state index in [1.165, 1.54) is 12.1 Å². The molecule has 2 aromatic carbocycles. The predicted molar refractivity (Wildman–Crippen MR) is 82.1 cm³/mol. The summed E-state index contributed by atoms with van der Waals surface area (Å²) in [4.78, 5) is 0.182. The standard InChI is InChI=1S/C14H10ClF3N2S/c15-12-7-10(5-6-11(12)13(19)21)20-9-3-1-8(2-4-9)14(16,17)18/h1-7,20H,(H2,19,21). The lowest BCUT2D eigenvalue weighted by Crippen LogP contribution is -2.10. The molecule has 7 heteroatoms. The number of hydrogen-bond acceptors (Lipinski definition) is 2. The zero-order valence-electron chi connectivity index (χ0n) is 10.5. The van der Waals surface area contributed by atoms with Crippen LogP contribution >= 0.6 is 23.8 Å². The first kappa shape index (κ1) is 15.6. The molecule has 0 amide bonds. The molecule has 0 saturated carbocycles. The van der Waals surface area contributed by atoms with E-state index in [1.54, 1.807) is 18.2 Å². The number of thiocarbonyl (C=S) groups is 1. The van der Waals surface area contributed by atoms with E-state index < -0.39 is 11.7 Å². The Bertz CT molecular complexity index is 669. The number of benzene rings is 2. The molecule has 0 radical (unpaired) electrons. The van der Waals surface area contributed by atoms with Gasteiger partial charge in [-0.05, 0) is 42.5 Å². The molecule has 0 aliphatic heterocycles. The van der Waals surface area contributed by atoms with E-state index in [1.807, 2.05) is 0 Å². The topological polar surface area (TPSA) is 38.0 Å². The van der Waals surface area contributed by atoms with Crippen LogP contribution in [0.4, 0.5) is 24.5 Å². The van der Waals surface area contributed by atoms with Crippen molar-refractivity contribution in [2.75, 3.05) is 5.32 Å². The molecule has 110 valence electrons. The summed E-state index contributed by atoms with van der Waals surface area (Å²) < 4.78 is 37.4. The average molecular weight is 331 g/mol. The van der Waals surface area contributed by atoms with E-state index in [9.17, 15) is 13.2 Å². The van der Waals surface area contributed by atoms with Gasteiger partial charge in [-0.3, -0.25) is 0 Å². The smallest absolute Gasteiger partial charge is 0.389 e. The fraction of sp³-hybridized carbons (Fsp3) is 0.0714. The molecule has 2 aromatic rings. The molecule has 0 atom stereocenters. The molecule has 0 aliphatic rings. The Morgan fingerprint density at radius 2 is 1.62 bits per heavy atom. The summed E-state index contributed by atoms with van der Waals surface area (Å²) in [5, 5.41) is 3.33. The molecule has 0 unspecified atom stereocenters. The van der Waals surface area contributed by atoms with E-state index >= 15 is 0 Å². The van der Waals surface area contributed by atoms with Gasteiger partial charge in [-0.1, -0.05) is 23.8 Å². The highest BCUT2D eigenvalue weighted by atomic mass is 35.5. The normalized spacial score (nSPS) is 11.2. The van der Waals surface area contributed by atoms with E-state index in [0.29, 0.717) is 22.0 Å². The van der Waals surface area contributed by atoms with Crippen LogP contribution in [0, 0.1) is 0 Å². The number of hydrogen-bond donors (Lipinski definition) is 2. The van der Waals surface area contributed by atoms with Crippen LogP contribution in [0.3, 0.4) is 0 Å². The van der Waals surface area contributed by atoms with Gasteiger partial charge in [-0.15, -0.1) is 0 Å². The van der Waals surface area contributed by atoms with E-state index in [0.717, 1.165) is 12.1 Å². The van der Waals surface area contributed by atoms with Crippen molar-refractivity contribution in [3.63, 3.8) is 0 Å². The highest BCUT2D eigenvalue weighted by molar-refractivity contribution is 7.80. The van der Waals surface area contributed by atoms with Gasteiger partial charge in [-0.2, -0.15) is 13.2 Å². The molecule has 2 rings (SSSR count). The summed E-state index contributed by atoms with van der Waals surface area (Å²) in [6.07, 6.45) is -4.35. The minimum atomic E-state index is -4.35. The van der Waals surface area contributed by atoms with Gasteiger partial charge in [0.05, 0.1) is 10.6 Å². The molecular formula is C14H10ClF3N2S. The number of rotatable bonds is 3. The molecule has 0 aromatic heterocycles. The van der Waals surface area contributed by atoms with Crippen molar-refractivity contribution < 1.29 is 13.2 Å². The van der Waals surface area contributed by atoms with Crippen LogP contribution in [0.1, 0.15) is 11.1 Å². The Hall–Kier alpha value is -1.79. The third-order valence-electron chi connectivity index (χ3n) is 2.74. The maximum Gasteiger partial charge on any atom is 0.416 e. The number of anilines is 2. The van der Waals surface area contributed by atoms with Gasteiger partial charge < -0.3 is 11.1 Å². The molecule has 0 fully saturated rings. The van der Waals surface area contributed by atoms with Gasteiger partial charge in [0.1, 0.15) is 4.99 Å². The molecular weight excluding hydrogens is 321 g/mol. The summed E-state index contributed by atoms with van der Waals surface area (Å²) in [6.45, 7) is 0. The first-order valence-electron chi connectivity index (χ1n) is 5.81. The number of nitrogens with two attached hydrogens (primary N) is 1. The van der Waals surface area contributed by atoms with Gasteiger partial charge in [0, 0.05) is 16.9 Å². The lowest BCUT2D eigenvalue weighted by atomic mass is 10.1. The molecule has 2 nitrogen and oxygen atoms in total. The van der Waals surface area contributed by atoms with Crippen LogP contribution in [0.25, 0.3) is 0 Å². The van der Waals surface area contributed by atoms with Gasteiger partial charge in [0.2, 0.25) is 0 Å². The lowest BCUT2D eigenvalue weighted by molar-refractivity contribution is -0.137. The van der Waals surface area contributed by atoms with Crippen molar-refractivity contribution in [2.45, 2.75) is 6.18 Å². The Morgan fingerprint density at radius 3 is 2.10 bits per heavy atom. The third kappa shape index (κ3) is 3.86. The molecule has 0 bridgehead atoms. The summed E-state index contributed by atoms with van der Waals surface area (Å²) in [5.41, 5.74) is 6.48. The zero-order chi connectivity index (χ0) is 15.6. The molecule has 21 heavy (non-hydrogen) atoms. The Balaban J connectivity index is 2.19. The molecule has 0 spiro atoms. The fourth-order valence-corrected chi connectivity index (χ4v) is 2.22. The highest BCUT2D eigenvalue weighted by Crippen LogP contribution is 2.30. The first-order valence-corrected chi connectivity index (χ1v) is 6.59. The van der Waals surface area contributed by atoms with Crippen molar-refractivity contribution >= 4 is 40.2 Å². The molecule has 0 saturated heterocycles. The Kier molecular flexibility index (Phi) is 4.39. The second-order valence-corrected chi connectivity index (χ2v) is 5.11. The minimum absolute atomic E-state index is 0.182. The van der Waals surface area contributed by atoms with Gasteiger partial charge in [0.25, 0.3) is 0 Å². The van der Waals surface area contributed by atoms with Crippen molar-refractivity contribution in [1.82, 2.24) is 0 Å². The predicted octanol–water partition coefficient (Wildman–Crippen LogP) is 4.74. The van der Waals surface area contributed by atoms with Crippen LogP contribution in [-0.4, -0.2) is 4.99 Å². The average Bonchev–Trinajstić information content (AvgIpc) is 2.38. The van der Waals surface area contributed by atoms with E-state index in [-0.39, 0.29) is 4.99 Å². The van der Waals surface area contributed by atoms with Crippen molar-refractivity contribution in [2.24, 2.45) is 5.73 Å². The second kappa shape index (κ2) is 5.91. The van der Waals surface area contributed by atoms with E-state index in [2.05, 4.69) is 5.32 Å². The van der Waals surface area contributed by atoms with Gasteiger partial charge >= 0.3 is 6.18 Å². The van der Waals surface area contributed by atoms with Gasteiger partial charge in [0.15, 0.2) is 0 Å². The van der Waals surface area contributed by atoms with E-state index in [4.69, 9.17) is 29.6 Å². The summed E-state index contributed by atoms with van der Waals surface area (Å²) in [7, 11) is 0. The molecule has 0 heterocycles. The van der Waals surface area contributed by atoms with Crippen LogP contribution in [0.2, 0.25) is 5.02 Å². The van der Waals surface area contributed by atoms with Crippen molar-refractivity contribution in [1.29, 1.82) is 0 Å². The highest BCUT2D eigenvalue weighted by Gasteiger charge is 2.29. The minimum Gasteiger partial charge on any atom is -0.389 e. The monoisotopic (exact) mass is 330 g/mol. The summed E-state index contributed by atoms with van der Waals surface area (Å²) >= 11 is 10.9. The maximum absolute atomic E-state index is 12.5. The van der Waals surface area contributed by atoms with Crippen LogP contribution in [-0.2, 0) is 6.18 Å². The maximum atomic E-state index is 12.5. The van der Waals surface area contributed by atoms with Gasteiger partial charge in [-0.25, -0.2) is 0 Å². The summed E-state index contributed by atoms with van der Waals surface area (Å²) in [5.74, 6) is 0. The number of alkyl halides is 3. The zero-order valence-corrected chi connectivity index (χ0v) is 12.1. The van der Waals surface area contributed by atoms with Crippen molar-refractivity contribution in [3.05, 3.63) is 58.6 Å². The van der Waals surface area contributed by atoms with Crippen LogP contribution in [0.5, 0.6) is 0 Å². The second-order valence-electron chi connectivity index (χ2n) is 4.26. The quantitative estimate of drug-likeness (QED) is 0.798. The SMILES string of the molecule is NC(=S)c1ccc(Nc2ccc(C(F)(F)F)cc2)cc1Cl. The fourth-order valence-electron chi connectivity index (χ4n) is 1.70. The van der Waals surface area contributed by atoms with Crippen LogP contribution in [0.15, 0.2) is 42.5 Å². The number of halogens is 4. The molecule has 0 aliphatic carbocycles. The van der Waals surface area contributed by atoms with Crippen LogP contribution < -0.4 is 11.1 Å². The summed E-state index contributed by atoms with van der Waals surface area (Å²) in [6, 6.07) is 9.65. The Labute approximate surface area is 129 Å². The lowest BCUT2D eigenvalue weighted by Gasteiger charge is -2.11. The number of nitrogens with one attached hydrogen (secondary N) is 1. The molecule has 3 N–H and O–H groups in total. The largest absolute Gasteiger partial charge is 0.416 e. The first-order chi connectivity index (χ1) is 9.77. The third-order valence-corrected chi connectivity index (χ3v) is 3.27.